The first-order valence-electron chi connectivity index (χ1n) is 4.67. The summed E-state index contributed by atoms with van der Waals surface area (Å²) in [6, 6.07) is 5.84. The van der Waals surface area contributed by atoms with Gasteiger partial charge in [-0.25, -0.2) is 8.99 Å². The fraction of sp³-hybridized carbons (Fsp3) is 0.455. The molecule has 0 heterocycles. The molecular weight excluding hydrogens is 194 g/mol. The Morgan fingerprint density at radius 3 is 2.29 bits per heavy atom. The van der Waals surface area contributed by atoms with E-state index in [1.165, 1.54) is 6.26 Å². The molecule has 1 aromatic carbocycles. The Labute approximate surface area is 86.3 Å². The molecule has 0 bridgehead atoms. The summed E-state index contributed by atoms with van der Waals surface area (Å²) in [6.45, 7) is 6.03. The largest absolute Gasteiger partial charge is 0.249 e. The van der Waals surface area contributed by atoms with Gasteiger partial charge in [0.25, 0.3) is 0 Å². The van der Waals surface area contributed by atoms with Crippen LogP contribution in [0.1, 0.15) is 30.9 Å². The second-order valence-corrected chi connectivity index (χ2v) is 6.09. The normalized spacial score (nSPS) is 15.5. The first-order valence-corrected chi connectivity index (χ1v) is 6.64. The molecule has 0 spiro atoms. The van der Waals surface area contributed by atoms with Gasteiger partial charge >= 0.3 is 0 Å². The highest BCUT2D eigenvalue weighted by atomic mass is 32.2. The number of hydrogen-bond acceptors (Lipinski definition) is 2. The zero-order valence-corrected chi connectivity index (χ0v) is 9.94. The molecule has 1 aromatic rings. The molecule has 3 heteroatoms. The predicted octanol–water partition coefficient (Wildman–Crippen LogP) is 3.15. The molecule has 0 aliphatic rings. The van der Waals surface area contributed by atoms with Crippen molar-refractivity contribution in [3.05, 3.63) is 29.3 Å². The van der Waals surface area contributed by atoms with E-state index in [-0.39, 0.29) is 0 Å². The third-order valence-corrected chi connectivity index (χ3v) is 3.59. The maximum atomic E-state index is 11.8. The lowest BCUT2D eigenvalue weighted by molar-refractivity contribution is 0.675. The van der Waals surface area contributed by atoms with Crippen molar-refractivity contribution in [2.45, 2.75) is 31.6 Å². The first kappa shape index (κ1) is 11.2. The van der Waals surface area contributed by atoms with E-state index in [1.54, 1.807) is 0 Å². The van der Waals surface area contributed by atoms with Crippen LogP contribution in [0.2, 0.25) is 0 Å². The smallest absolute Gasteiger partial charge is 0.0702 e. The van der Waals surface area contributed by atoms with Crippen LogP contribution in [-0.4, -0.2) is 10.5 Å². The van der Waals surface area contributed by atoms with Gasteiger partial charge in [-0.3, -0.25) is 0 Å². The molecule has 14 heavy (non-hydrogen) atoms. The highest BCUT2D eigenvalue weighted by molar-refractivity contribution is 7.91. The molecule has 0 amide bonds. The van der Waals surface area contributed by atoms with Gasteiger partial charge in [0.1, 0.15) is 0 Å². The van der Waals surface area contributed by atoms with Gasteiger partial charge in [-0.05, 0) is 24.0 Å². The summed E-state index contributed by atoms with van der Waals surface area (Å²) in [7, 11) is -2.61. The summed E-state index contributed by atoms with van der Waals surface area (Å²) >= 11 is 0. The molecule has 78 valence electrons. The summed E-state index contributed by atoms with van der Waals surface area (Å²) in [6.07, 6.45) is 1.49. The minimum atomic E-state index is -2.61. The predicted molar refractivity (Wildman–Crippen MR) is 60.3 cm³/mol. The van der Waals surface area contributed by atoms with Crippen molar-refractivity contribution in [1.82, 2.24) is 0 Å². The van der Waals surface area contributed by atoms with Crippen LogP contribution >= 0.6 is 0 Å². The SMILES string of the molecule is Cc1cccc(C(C)C)c1[S@@](C)(=N)=O. The van der Waals surface area contributed by atoms with Gasteiger partial charge in [-0.15, -0.1) is 0 Å². The molecule has 0 aliphatic carbocycles. The molecule has 1 N–H and O–H groups in total. The fourth-order valence-corrected chi connectivity index (χ4v) is 3.10. The summed E-state index contributed by atoms with van der Waals surface area (Å²) in [5, 5.41) is 0. The van der Waals surface area contributed by atoms with Gasteiger partial charge in [0.2, 0.25) is 0 Å². The number of rotatable bonds is 2. The molecule has 0 aliphatic heterocycles. The van der Waals surface area contributed by atoms with E-state index in [0.717, 1.165) is 16.0 Å². The van der Waals surface area contributed by atoms with Gasteiger partial charge in [-0.1, -0.05) is 32.0 Å². The van der Waals surface area contributed by atoms with Crippen molar-refractivity contribution in [1.29, 1.82) is 4.78 Å². The maximum absolute atomic E-state index is 11.8. The summed E-state index contributed by atoms with van der Waals surface area (Å²) in [5.74, 6) is 0.316. The molecule has 0 unspecified atom stereocenters. The highest BCUT2D eigenvalue weighted by Crippen LogP contribution is 2.26. The number of benzene rings is 1. The van der Waals surface area contributed by atoms with Crippen molar-refractivity contribution in [2.24, 2.45) is 0 Å². The highest BCUT2D eigenvalue weighted by Gasteiger charge is 2.14. The van der Waals surface area contributed by atoms with Crippen molar-refractivity contribution in [2.75, 3.05) is 6.26 Å². The number of aryl methyl sites for hydroxylation is 1. The standard InChI is InChI=1S/C11H17NOS/c1-8(2)10-7-5-6-9(3)11(10)14(4,12)13/h5-8,12H,1-4H3/t14-/m0/s1. The van der Waals surface area contributed by atoms with Crippen LogP contribution in [0.25, 0.3) is 0 Å². The van der Waals surface area contributed by atoms with Crippen molar-refractivity contribution in [3.8, 4) is 0 Å². The second-order valence-electron chi connectivity index (χ2n) is 3.99. The maximum Gasteiger partial charge on any atom is 0.0702 e. The topological polar surface area (TPSA) is 40.9 Å². The summed E-state index contributed by atoms with van der Waals surface area (Å²) in [4.78, 5) is 0.718. The third kappa shape index (κ3) is 2.15. The van der Waals surface area contributed by atoms with Crippen molar-refractivity contribution in [3.63, 3.8) is 0 Å². The Hall–Kier alpha value is -0.830. The second kappa shape index (κ2) is 3.73. The lowest BCUT2D eigenvalue weighted by Gasteiger charge is -2.15. The Bertz CT molecular complexity index is 433. The van der Waals surface area contributed by atoms with Crippen LogP contribution in [0.3, 0.4) is 0 Å². The van der Waals surface area contributed by atoms with Gasteiger partial charge in [0, 0.05) is 6.26 Å². The van der Waals surface area contributed by atoms with Gasteiger partial charge in [-0.2, -0.15) is 0 Å². The molecule has 1 rings (SSSR count). The van der Waals surface area contributed by atoms with Crippen molar-refractivity contribution < 1.29 is 4.21 Å². The third-order valence-electron chi connectivity index (χ3n) is 2.25. The lowest BCUT2D eigenvalue weighted by Crippen LogP contribution is -2.04. The fourth-order valence-electron chi connectivity index (χ4n) is 1.66. The molecule has 0 fully saturated rings. The molecule has 0 radical (unpaired) electrons. The molecule has 0 saturated carbocycles. The molecule has 0 aromatic heterocycles. The Morgan fingerprint density at radius 1 is 1.36 bits per heavy atom. The summed E-state index contributed by atoms with van der Waals surface area (Å²) in [5.41, 5.74) is 1.99. The first-order chi connectivity index (χ1) is 6.34. The Morgan fingerprint density at radius 2 is 1.93 bits per heavy atom. The Balaban J connectivity index is 3.54. The number of hydrogen-bond donors (Lipinski definition) is 1. The van der Waals surface area contributed by atoms with E-state index in [2.05, 4.69) is 13.8 Å². The van der Waals surface area contributed by atoms with E-state index in [1.807, 2.05) is 25.1 Å². The van der Waals surface area contributed by atoms with E-state index in [9.17, 15) is 4.21 Å². The molecule has 2 nitrogen and oxygen atoms in total. The van der Waals surface area contributed by atoms with Gasteiger partial charge < -0.3 is 0 Å². The van der Waals surface area contributed by atoms with Crippen LogP contribution in [0.4, 0.5) is 0 Å². The zero-order chi connectivity index (χ0) is 10.9. The van der Waals surface area contributed by atoms with Crippen LogP contribution in [-0.2, 0) is 9.73 Å². The summed E-state index contributed by atoms with van der Waals surface area (Å²) < 4.78 is 19.5. The van der Waals surface area contributed by atoms with Crippen LogP contribution in [0.5, 0.6) is 0 Å². The molecule has 0 saturated heterocycles. The van der Waals surface area contributed by atoms with E-state index in [4.69, 9.17) is 4.78 Å². The van der Waals surface area contributed by atoms with E-state index >= 15 is 0 Å². The van der Waals surface area contributed by atoms with E-state index in [0.29, 0.717) is 5.92 Å². The minimum Gasteiger partial charge on any atom is -0.249 e. The lowest BCUT2D eigenvalue weighted by atomic mass is 10.0. The van der Waals surface area contributed by atoms with E-state index < -0.39 is 9.73 Å². The van der Waals surface area contributed by atoms with Crippen LogP contribution in [0.15, 0.2) is 23.1 Å². The molecule has 1 atom stereocenters. The van der Waals surface area contributed by atoms with Crippen LogP contribution in [0, 0.1) is 11.7 Å². The zero-order valence-electron chi connectivity index (χ0n) is 9.13. The average molecular weight is 211 g/mol. The van der Waals surface area contributed by atoms with Gasteiger partial charge in [0.15, 0.2) is 0 Å². The van der Waals surface area contributed by atoms with Gasteiger partial charge in [0.05, 0.1) is 14.6 Å². The number of nitrogens with one attached hydrogen (secondary N) is 1. The monoisotopic (exact) mass is 211 g/mol. The Kier molecular flexibility index (Phi) is 3.00. The van der Waals surface area contributed by atoms with Crippen LogP contribution < -0.4 is 0 Å². The van der Waals surface area contributed by atoms with Crippen molar-refractivity contribution >= 4 is 9.73 Å². The quantitative estimate of drug-likeness (QED) is 0.802. The average Bonchev–Trinajstić information content (AvgIpc) is 2.01. The minimum absolute atomic E-state index is 0.316. The molecular formula is C11H17NOS.